The Balaban J connectivity index is 1.44. The van der Waals surface area contributed by atoms with Crippen LogP contribution in [0.5, 0.6) is 0 Å². The minimum atomic E-state index is -0.458. The highest BCUT2D eigenvalue weighted by atomic mass is 32.1. The van der Waals surface area contributed by atoms with Crippen LogP contribution in [0.1, 0.15) is 5.56 Å². The fourth-order valence-electron chi connectivity index (χ4n) is 2.65. The predicted octanol–water partition coefficient (Wildman–Crippen LogP) is 2.84. The maximum atomic E-state index is 12.0. The van der Waals surface area contributed by atoms with Gasteiger partial charge >= 0.3 is 5.76 Å². The highest BCUT2D eigenvalue weighted by molar-refractivity contribution is 7.13. The van der Waals surface area contributed by atoms with E-state index in [9.17, 15) is 4.79 Å². The molecule has 0 atom stereocenters. The molecule has 0 spiro atoms. The lowest BCUT2D eigenvalue weighted by atomic mass is 10.3. The van der Waals surface area contributed by atoms with Crippen LogP contribution in [0.3, 0.4) is 0 Å². The Morgan fingerprint density at radius 1 is 1.19 bits per heavy atom. The van der Waals surface area contributed by atoms with Gasteiger partial charge in [-0.2, -0.15) is 9.78 Å². The quantitative estimate of drug-likeness (QED) is 0.524. The van der Waals surface area contributed by atoms with E-state index in [2.05, 4.69) is 10.2 Å². The fourth-order valence-corrected chi connectivity index (χ4v) is 3.29. The Kier molecular flexibility index (Phi) is 4.51. The van der Waals surface area contributed by atoms with Crippen molar-refractivity contribution < 1.29 is 4.42 Å². The molecule has 4 rings (SSSR count). The molecule has 1 aromatic carbocycles. The van der Waals surface area contributed by atoms with Gasteiger partial charge in [0.15, 0.2) is 0 Å². The zero-order valence-corrected chi connectivity index (χ0v) is 15.0. The molecule has 0 saturated carbocycles. The van der Waals surface area contributed by atoms with E-state index in [0.717, 1.165) is 16.1 Å². The van der Waals surface area contributed by atoms with Crippen LogP contribution in [0.4, 0.5) is 0 Å². The molecule has 26 heavy (non-hydrogen) atoms. The van der Waals surface area contributed by atoms with Crippen molar-refractivity contribution in [3.63, 3.8) is 0 Å². The van der Waals surface area contributed by atoms with Crippen LogP contribution in [0.25, 0.3) is 16.5 Å². The van der Waals surface area contributed by atoms with Crippen molar-refractivity contribution in [3.8, 4) is 16.5 Å². The van der Waals surface area contributed by atoms with Gasteiger partial charge in [-0.05, 0) is 30.6 Å². The van der Waals surface area contributed by atoms with E-state index in [-0.39, 0.29) is 0 Å². The number of hydrogen-bond acceptors (Lipinski definition) is 6. The highest BCUT2D eigenvalue weighted by Crippen LogP contribution is 2.21. The van der Waals surface area contributed by atoms with E-state index in [1.807, 2.05) is 76.9 Å². The van der Waals surface area contributed by atoms with Gasteiger partial charge in [0, 0.05) is 18.3 Å². The Morgan fingerprint density at radius 2 is 2.04 bits per heavy atom. The first-order chi connectivity index (χ1) is 12.7. The lowest BCUT2D eigenvalue weighted by Crippen LogP contribution is -2.28. The summed E-state index contributed by atoms with van der Waals surface area (Å²) in [4.78, 5) is 14.8. The maximum absolute atomic E-state index is 12.0. The second-order valence-electron chi connectivity index (χ2n) is 5.93. The number of para-hydroxylation sites is 1. The minimum Gasteiger partial charge on any atom is -0.387 e. The second-order valence-corrected chi connectivity index (χ2v) is 6.88. The number of benzene rings is 1. The van der Waals surface area contributed by atoms with E-state index in [1.165, 1.54) is 16.0 Å². The first-order valence-corrected chi connectivity index (χ1v) is 8.96. The van der Waals surface area contributed by atoms with Gasteiger partial charge in [-0.25, -0.2) is 9.48 Å². The summed E-state index contributed by atoms with van der Waals surface area (Å²) in [7, 11) is 1.92. The third kappa shape index (κ3) is 3.51. The Hall–Kier alpha value is -2.97. The van der Waals surface area contributed by atoms with Crippen molar-refractivity contribution in [1.82, 2.24) is 24.5 Å². The monoisotopic (exact) mass is 367 g/mol. The first-order valence-electron chi connectivity index (χ1n) is 8.08. The summed E-state index contributed by atoms with van der Waals surface area (Å²) < 4.78 is 8.40. The molecule has 7 nitrogen and oxygen atoms in total. The second kappa shape index (κ2) is 7.11. The number of aromatic nitrogens is 4. The van der Waals surface area contributed by atoms with Crippen LogP contribution in [0.15, 0.2) is 69.5 Å². The van der Waals surface area contributed by atoms with Gasteiger partial charge in [-0.1, -0.05) is 24.3 Å². The molecule has 0 amide bonds. The van der Waals surface area contributed by atoms with Crippen LogP contribution < -0.4 is 5.76 Å². The smallest absolute Gasteiger partial charge is 0.387 e. The van der Waals surface area contributed by atoms with Gasteiger partial charge in [0.1, 0.15) is 6.67 Å². The standard InChI is InChI=1S/C18H17N5O2S/c1-21(11-14-10-19-22(12-14)15-6-3-2-4-7-15)13-23-18(24)25-17(20-23)16-8-5-9-26-16/h2-10,12H,11,13H2,1H3. The zero-order chi connectivity index (χ0) is 17.9. The van der Waals surface area contributed by atoms with E-state index in [1.54, 1.807) is 0 Å². The summed E-state index contributed by atoms with van der Waals surface area (Å²) in [6.07, 6.45) is 3.81. The Morgan fingerprint density at radius 3 is 2.81 bits per heavy atom. The normalized spacial score (nSPS) is 11.3. The van der Waals surface area contributed by atoms with Gasteiger partial charge in [-0.3, -0.25) is 4.90 Å². The lowest BCUT2D eigenvalue weighted by Gasteiger charge is -2.13. The summed E-state index contributed by atoms with van der Waals surface area (Å²) >= 11 is 1.49. The largest absolute Gasteiger partial charge is 0.438 e. The Bertz CT molecular complexity index is 1030. The molecule has 0 bridgehead atoms. The third-order valence-corrected chi connectivity index (χ3v) is 4.68. The van der Waals surface area contributed by atoms with Gasteiger partial charge in [0.05, 0.1) is 16.8 Å². The van der Waals surface area contributed by atoms with E-state index >= 15 is 0 Å². The zero-order valence-electron chi connectivity index (χ0n) is 14.1. The van der Waals surface area contributed by atoms with E-state index < -0.39 is 5.76 Å². The van der Waals surface area contributed by atoms with Crippen molar-refractivity contribution in [2.24, 2.45) is 0 Å². The first kappa shape index (κ1) is 16.5. The van der Waals surface area contributed by atoms with Crippen LogP contribution >= 0.6 is 11.3 Å². The van der Waals surface area contributed by atoms with Crippen molar-refractivity contribution in [2.45, 2.75) is 13.2 Å². The molecule has 8 heteroatoms. The molecule has 4 aromatic rings. The maximum Gasteiger partial charge on any atom is 0.438 e. The third-order valence-electron chi connectivity index (χ3n) is 3.82. The average Bonchev–Trinajstić information content (AvgIpc) is 3.38. The summed E-state index contributed by atoms with van der Waals surface area (Å²) in [5.41, 5.74) is 2.06. The number of nitrogens with zero attached hydrogens (tertiary/aromatic N) is 5. The number of hydrogen-bond donors (Lipinski definition) is 0. The molecule has 0 radical (unpaired) electrons. The summed E-state index contributed by atoms with van der Waals surface area (Å²) in [5, 5.41) is 10.6. The van der Waals surface area contributed by atoms with Crippen LogP contribution in [-0.2, 0) is 13.2 Å². The number of rotatable bonds is 6. The van der Waals surface area contributed by atoms with Crippen molar-refractivity contribution in [2.75, 3.05) is 7.05 Å². The molecule has 3 aromatic heterocycles. The van der Waals surface area contributed by atoms with E-state index in [4.69, 9.17) is 4.42 Å². The van der Waals surface area contributed by atoms with Crippen LogP contribution in [0, 0.1) is 0 Å². The number of thiophene rings is 1. The highest BCUT2D eigenvalue weighted by Gasteiger charge is 2.13. The molecule has 0 saturated heterocycles. The molecule has 0 aliphatic carbocycles. The van der Waals surface area contributed by atoms with Crippen LogP contribution in [0.2, 0.25) is 0 Å². The molecule has 0 aliphatic heterocycles. The minimum absolute atomic E-state index is 0.338. The van der Waals surface area contributed by atoms with E-state index in [0.29, 0.717) is 19.1 Å². The lowest BCUT2D eigenvalue weighted by molar-refractivity contribution is 0.237. The van der Waals surface area contributed by atoms with Gasteiger partial charge in [0.2, 0.25) is 0 Å². The molecule has 0 N–H and O–H groups in total. The van der Waals surface area contributed by atoms with Crippen molar-refractivity contribution in [1.29, 1.82) is 0 Å². The topological polar surface area (TPSA) is 69.1 Å². The van der Waals surface area contributed by atoms with Crippen molar-refractivity contribution >= 4 is 11.3 Å². The SMILES string of the molecule is CN(Cc1cnn(-c2ccccc2)c1)Cn1nc(-c2cccs2)oc1=O. The molecule has 0 unspecified atom stereocenters. The predicted molar refractivity (Wildman–Crippen MR) is 99.1 cm³/mol. The summed E-state index contributed by atoms with van der Waals surface area (Å²) in [5.74, 6) is -0.101. The molecular formula is C18H17N5O2S. The van der Waals surface area contributed by atoms with Crippen molar-refractivity contribution in [3.05, 3.63) is 76.4 Å². The van der Waals surface area contributed by atoms with Gasteiger partial charge < -0.3 is 4.42 Å². The average molecular weight is 367 g/mol. The summed E-state index contributed by atoms with van der Waals surface area (Å²) in [6.45, 7) is 0.977. The molecule has 0 aliphatic rings. The van der Waals surface area contributed by atoms with Gasteiger partial charge in [-0.15, -0.1) is 16.4 Å². The van der Waals surface area contributed by atoms with Gasteiger partial charge in [0.25, 0.3) is 5.89 Å². The molecule has 0 fully saturated rings. The van der Waals surface area contributed by atoms with Crippen LogP contribution in [-0.4, -0.2) is 31.5 Å². The molecule has 132 valence electrons. The Labute approximate surface area is 153 Å². The summed E-state index contributed by atoms with van der Waals surface area (Å²) in [6, 6.07) is 13.7. The molecular weight excluding hydrogens is 350 g/mol. The molecule has 3 heterocycles. The fraction of sp³-hybridized carbons (Fsp3) is 0.167.